The van der Waals surface area contributed by atoms with Crippen LogP contribution in [0.4, 0.5) is 0 Å². The first-order valence-electron chi connectivity index (χ1n) is 11.5. The van der Waals surface area contributed by atoms with E-state index in [9.17, 15) is 9.59 Å². The van der Waals surface area contributed by atoms with Crippen LogP contribution in [0.25, 0.3) is 10.9 Å². The van der Waals surface area contributed by atoms with Gasteiger partial charge in [-0.25, -0.2) is 0 Å². The van der Waals surface area contributed by atoms with Crippen LogP contribution in [0.1, 0.15) is 27.5 Å². The highest BCUT2D eigenvalue weighted by atomic mass is 35.5. The Labute approximate surface area is 210 Å². The van der Waals surface area contributed by atoms with E-state index in [1.165, 1.54) is 0 Å². The summed E-state index contributed by atoms with van der Waals surface area (Å²) in [6.45, 7) is 0.405. The number of carbonyl (C=O) groups is 2. The molecule has 0 radical (unpaired) electrons. The molecule has 3 aromatic carbocycles. The molecule has 3 N–H and O–H groups in total. The van der Waals surface area contributed by atoms with Gasteiger partial charge in [0.15, 0.2) is 0 Å². The predicted molar refractivity (Wildman–Crippen MR) is 141 cm³/mol. The summed E-state index contributed by atoms with van der Waals surface area (Å²) < 4.78 is 0. The van der Waals surface area contributed by atoms with Gasteiger partial charge < -0.3 is 20.5 Å². The molecule has 0 aliphatic carbocycles. The third kappa shape index (κ3) is 5.91. The highest BCUT2D eigenvalue weighted by molar-refractivity contribution is 6.33. The van der Waals surface area contributed by atoms with Crippen molar-refractivity contribution in [2.24, 2.45) is 0 Å². The fourth-order valence-corrected chi connectivity index (χ4v) is 4.43. The van der Waals surface area contributed by atoms with Crippen LogP contribution in [0.2, 0.25) is 5.02 Å². The van der Waals surface area contributed by atoms with Crippen molar-refractivity contribution in [2.45, 2.75) is 18.5 Å². The number of nitrogens with one attached hydrogen (secondary N) is 3. The standard InChI is InChI=1S/C28H29ClN4O2/c1-33(2)26(19-10-4-3-5-11-19)18-31-28(35)25(32-27(34)22-13-6-8-14-23(22)29)16-20-17-30-24-15-9-7-12-21(20)24/h3-15,17,25-26,30H,16,18H2,1-2H3,(H,31,35)(H,32,34)/t25-,26+/m1/s1. The smallest absolute Gasteiger partial charge is 0.253 e. The maximum Gasteiger partial charge on any atom is 0.253 e. The highest BCUT2D eigenvalue weighted by Crippen LogP contribution is 2.21. The van der Waals surface area contributed by atoms with Crippen molar-refractivity contribution in [3.8, 4) is 0 Å². The summed E-state index contributed by atoms with van der Waals surface area (Å²) in [4.78, 5) is 31.8. The Hall–Kier alpha value is -3.61. The predicted octanol–water partition coefficient (Wildman–Crippen LogP) is 4.58. The summed E-state index contributed by atoms with van der Waals surface area (Å²) in [5, 5.41) is 7.32. The summed E-state index contributed by atoms with van der Waals surface area (Å²) in [6.07, 6.45) is 2.23. The van der Waals surface area contributed by atoms with Crippen LogP contribution in [-0.4, -0.2) is 48.4 Å². The fourth-order valence-electron chi connectivity index (χ4n) is 4.21. The molecule has 0 spiro atoms. The Morgan fingerprint density at radius 3 is 2.37 bits per heavy atom. The van der Waals surface area contributed by atoms with Crippen molar-refractivity contribution in [1.82, 2.24) is 20.5 Å². The van der Waals surface area contributed by atoms with Gasteiger partial charge in [0.1, 0.15) is 6.04 Å². The molecule has 4 rings (SSSR count). The van der Waals surface area contributed by atoms with Gasteiger partial charge in [-0.05, 0) is 43.4 Å². The van der Waals surface area contributed by atoms with Crippen molar-refractivity contribution in [2.75, 3.05) is 20.6 Å². The lowest BCUT2D eigenvalue weighted by atomic mass is 10.0. The summed E-state index contributed by atoms with van der Waals surface area (Å²) in [5.74, 6) is -0.638. The van der Waals surface area contributed by atoms with Gasteiger partial charge in [0.2, 0.25) is 5.91 Å². The summed E-state index contributed by atoms with van der Waals surface area (Å²) >= 11 is 6.24. The Morgan fingerprint density at radius 2 is 1.63 bits per heavy atom. The van der Waals surface area contributed by atoms with Crippen LogP contribution < -0.4 is 10.6 Å². The highest BCUT2D eigenvalue weighted by Gasteiger charge is 2.25. The largest absolute Gasteiger partial charge is 0.361 e. The molecule has 6 nitrogen and oxygen atoms in total. The van der Waals surface area contributed by atoms with Crippen molar-refractivity contribution in [3.05, 3.63) is 107 Å². The minimum atomic E-state index is -0.781. The molecule has 2 amide bonds. The number of hydrogen-bond acceptors (Lipinski definition) is 3. The molecule has 0 saturated heterocycles. The first-order chi connectivity index (χ1) is 16.9. The SMILES string of the molecule is CN(C)[C@@H](CNC(=O)[C@@H](Cc1c[nH]c2ccccc12)NC(=O)c1ccccc1Cl)c1ccccc1. The van der Waals surface area contributed by atoms with Gasteiger partial charge >= 0.3 is 0 Å². The number of hydrogen-bond donors (Lipinski definition) is 3. The summed E-state index contributed by atoms with van der Waals surface area (Å²) in [7, 11) is 3.96. The zero-order valence-electron chi connectivity index (χ0n) is 19.8. The van der Waals surface area contributed by atoms with E-state index in [4.69, 9.17) is 11.6 Å². The monoisotopic (exact) mass is 488 g/mol. The van der Waals surface area contributed by atoms with Crippen molar-refractivity contribution >= 4 is 34.3 Å². The van der Waals surface area contributed by atoms with E-state index in [0.29, 0.717) is 23.6 Å². The van der Waals surface area contributed by atoms with Crippen molar-refractivity contribution in [3.63, 3.8) is 0 Å². The van der Waals surface area contributed by atoms with Crippen LogP contribution in [0.5, 0.6) is 0 Å². The number of aromatic nitrogens is 1. The fraction of sp³-hybridized carbons (Fsp3) is 0.214. The van der Waals surface area contributed by atoms with E-state index < -0.39 is 6.04 Å². The average Bonchev–Trinajstić information content (AvgIpc) is 3.27. The minimum Gasteiger partial charge on any atom is -0.361 e. The average molecular weight is 489 g/mol. The lowest BCUT2D eigenvalue weighted by Crippen LogP contribution is -2.49. The number of likely N-dealkylation sites (N-methyl/N-ethyl adjacent to an activating group) is 1. The maximum atomic E-state index is 13.4. The first kappa shape index (κ1) is 24.5. The number of amides is 2. The molecule has 0 saturated carbocycles. The van der Waals surface area contributed by atoms with Gasteiger partial charge in [-0.2, -0.15) is 0 Å². The van der Waals surface area contributed by atoms with Gasteiger partial charge in [0.25, 0.3) is 5.91 Å². The number of aromatic amines is 1. The second-order valence-electron chi connectivity index (χ2n) is 8.70. The van der Waals surface area contributed by atoms with Gasteiger partial charge in [0, 0.05) is 30.1 Å². The Bertz CT molecular complexity index is 1300. The van der Waals surface area contributed by atoms with Crippen LogP contribution in [-0.2, 0) is 11.2 Å². The number of rotatable bonds is 9. The van der Waals surface area contributed by atoms with Gasteiger partial charge in [-0.15, -0.1) is 0 Å². The van der Waals surface area contributed by atoms with Crippen molar-refractivity contribution in [1.29, 1.82) is 0 Å². The Kier molecular flexibility index (Phi) is 7.85. The van der Waals surface area contributed by atoms with Crippen LogP contribution >= 0.6 is 11.6 Å². The van der Waals surface area contributed by atoms with E-state index in [0.717, 1.165) is 22.0 Å². The zero-order chi connectivity index (χ0) is 24.8. The number of nitrogens with zero attached hydrogens (tertiary/aromatic N) is 1. The molecule has 0 fully saturated rings. The number of carbonyl (C=O) groups excluding carboxylic acids is 2. The number of para-hydroxylation sites is 1. The van der Waals surface area contributed by atoms with E-state index in [2.05, 4.69) is 20.5 Å². The third-order valence-electron chi connectivity index (χ3n) is 6.12. The third-order valence-corrected chi connectivity index (χ3v) is 6.45. The van der Waals surface area contributed by atoms with Crippen LogP contribution in [0, 0.1) is 0 Å². The normalized spacial score (nSPS) is 12.9. The molecular formula is C28H29ClN4O2. The molecule has 1 aromatic heterocycles. The first-order valence-corrected chi connectivity index (χ1v) is 11.9. The Balaban J connectivity index is 1.55. The van der Waals surface area contributed by atoms with Crippen LogP contribution in [0.3, 0.4) is 0 Å². The molecule has 180 valence electrons. The molecule has 0 aliphatic rings. The van der Waals surface area contributed by atoms with Gasteiger partial charge in [-0.3, -0.25) is 9.59 Å². The molecule has 2 atom stereocenters. The van der Waals surface area contributed by atoms with E-state index in [-0.39, 0.29) is 17.9 Å². The van der Waals surface area contributed by atoms with E-state index >= 15 is 0 Å². The van der Waals surface area contributed by atoms with Crippen molar-refractivity contribution < 1.29 is 9.59 Å². The summed E-state index contributed by atoms with van der Waals surface area (Å²) in [6, 6.07) is 23.9. The number of fused-ring (bicyclic) bond motifs is 1. The topological polar surface area (TPSA) is 77.2 Å². The second-order valence-corrected chi connectivity index (χ2v) is 9.11. The number of benzene rings is 3. The molecule has 7 heteroatoms. The maximum absolute atomic E-state index is 13.4. The van der Waals surface area contributed by atoms with Gasteiger partial charge in [-0.1, -0.05) is 72.3 Å². The number of H-pyrrole nitrogens is 1. The minimum absolute atomic E-state index is 0.00634. The quantitative estimate of drug-likeness (QED) is 0.322. The molecule has 0 aliphatic heterocycles. The van der Waals surface area contributed by atoms with Crippen LogP contribution in [0.15, 0.2) is 85.1 Å². The molecule has 4 aromatic rings. The molecule has 0 bridgehead atoms. The summed E-state index contributed by atoms with van der Waals surface area (Å²) in [5.41, 5.74) is 3.37. The van der Waals surface area contributed by atoms with E-state index in [1.807, 2.05) is 74.9 Å². The second kappa shape index (κ2) is 11.2. The zero-order valence-corrected chi connectivity index (χ0v) is 20.5. The van der Waals surface area contributed by atoms with Gasteiger partial charge in [0.05, 0.1) is 16.6 Å². The molecular weight excluding hydrogens is 460 g/mol. The molecule has 0 unspecified atom stereocenters. The Morgan fingerprint density at radius 1 is 0.943 bits per heavy atom. The number of halogens is 1. The van der Waals surface area contributed by atoms with E-state index in [1.54, 1.807) is 24.3 Å². The molecule has 35 heavy (non-hydrogen) atoms. The lowest BCUT2D eigenvalue weighted by Gasteiger charge is -2.26. The molecule has 1 heterocycles. The lowest BCUT2D eigenvalue weighted by molar-refractivity contribution is -0.123.